The van der Waals surface area contributed by atoms with Crippen LogP contribution < -0.4 is 5.32 Å². The molecular formula is C22H18ClF3N2O3. The van der Waals surface area contributed by atoms with Crippen LogP contribution in [0.25, 0.3) is 11.1 Å². The molecule has 31 heavy (non-hydrogen) atoms. The highest BCUT2D eigenvalue weighted by atomic mass is 35.5. The predicted molar refractivity (Wildman–Crippen MR) is 111 cm³/mol. The van der Waals surface area contributed by atoms with Gasteiger partial charge in [0, 0.05) is 48.4 Å². The highest BCUT2D eigenvalue weighted by Crippen LogP contribution is 2.35. The van der Waals surface area contributed by atoms with Gasteiger partial charge in [0.25, 0.3) is 5.91 Å². The van der Waals surface area contributed by atoms with Crippen LogP contribution in [0.15, 0.2) is 54.9 Å². The second-order valence-corrected chi connectivity index (χ2v) is 7.23. The number of anilines is 1. The fourth-order valence-corrected chi connectivity index (χ4v) is 3.33. The Kier molecular flexibility index (Phi) is 6.52. The van der Waals surface area contributed by atoms with Crippen LogP contribution in [0.2, 0.25) is 5.02 Å². The normalized spacial score (nSPS) is 11.4. The molecular weight excluding hydrogens is 433 g/mol. The van der Waals surface area contributed by atoms with Crippen molar-refractivity contribution in [2.45, 2.75) is 6.18 Å². The molecule has 0 radical (unpaired) electrons. The van der Waals surface area contributed by atoms with Crippen molar-refractivity contribution in [3.8, 4) is 11.1 Å². The molecule has 1 N–H and O–H groups in total. The van der Waals surface area contributed by atoms with Gasteiger partial charge in [-0.05, 0) is 23.8 Å². The summed E-state index contributed by atoms with van der Waals surface area (Å²) in [5.41, 5.74) is -0.210. The smallest absolute Gasteiger partial charge is 0.377 e. The monoisotopic (exact) mass is 450 g/mol. The van der Waals surface area contributed by atoms with Crippen LogP contribution in [0.3, 0.4) is 0 Å². The first-order chi connectivity index (χ1) is 14.6. The number of benzene rings is 2. The number of hydrogen-bond acceptors (Lipinski definition) is 3. The maximum absolute atomic E-state index is 13.3. The molecule has 0 aliphatic carbocycles. The highest BCUT2D eigenvalue weighted by molar-refractivity contribution is 6.30. The molecule has 9 heteroatoms. The van der Waals surface area contributed by atoms with Gasteiger partial charge in [-0.15, -0.1) is 0 Å². The van der Waals surface area contributed by atoms with Crippen molar-refractivity contribution in [2.75, 3.05) is 19.0 Å². The summed E-state index contributed by atoms with van der Waals surface area (Å²) in [5.74, 6) is -1.29. The summed E-state index contributed by atoms with van der Waals surface area (Å²) in [6.07, 6.45) is -2.75. The van der Waals surface area contributed by atoms with Gasteiger partial charge >= 0.3 is 6.18 Å². The zero-order chi connectivity index (χ0) is 22.8. The molecule has 2 aromatic carbocycles. The lowest BCUT2D eigenvalue weighted by Crippen LogP contribution is -2.18. The van der Waals surface area contributed by atoms with Crippen LogP contribution >= 0.6 is 11.6 Å². The number of hydrogen-bond donors (Lipinski definition) is 1. The molecule has 0 bridgehead atoms. The van der Waals surface area contributed by atoms with E-state index in [4.69, 9.17) is 16.3 Å². The number of aryl methyl sites for hydroxylation is 1. The molecule has 0 fully saturated rings. The lowest BCUT2D eigenvalue weighted by molar-refractivity contribution is -0.137. The van der Waals surface area contributed by atoms with Crippen molar-refractivity contribution < 1.29 is 27.5 Å². The molecule has 3 rings (SSSR count). The van der Waals surface area contributed by atoms with Crippen molar-refractivity contribution in [3.05, 3.63) is 76.6 Å². The molecule has 1 heterocycles. The van der Waals surface area contributed by atoms with Gasteiger partial charge in [0.2, 0.25) is 0 Å². The van der Waals surface area contributed by atoms with Crippen LogP contribution in [0.4, 0.5) is 18.9 Å². The lowest BCUT2D eigenvalue weighted by Gasteiger charge is -2.16. The van der Waals surface area contributed by atoms with Crippen molar-refractivity contribution in [3.63, 3.8) is 0 Å². The van der Waals surface area contributed by atoms with Crippen LogP contribution in [0.1, 0.15) is 26.3 Å². The van der Waals surface area contributed by atoms with Gasteiger partial charge in [0.05, 0.1) is 11.1 Å². The largest absolute Gasteiger partial charge is 0.418 e. The van der Waals surface area contributed by atoms with E-state index in [-0.39, 0.29) is 23.6 Å². The van der Waals surface area contributed by atoms with E-state index >= 15 is 0 Å². The number of ketones is 1. The van der Waals surface area contributed by atoms with E-state index in [0.29, 0.717) is 16.1 Å². The maximum atomic E-state index is 13.3. The minimum atomic E-state index is -4.69. The third kappa shape index (κ3) is 4.98. The first kappa shape index (κ1) is 22.6. The van der Waals surface area contributed by atoms with E-state index in [1.54, 1.807) is 30.3 Å². The Morgan fingerprint density at radius 1 is 1.06 bits per heavy atom. The maximum Gasteiger partial charge on any atom is 0.418 e. The number of ether oxygens (including phenoxy) is 1. The number of amides is 1. The average molecular weight is 451 g/mol. The van der Waals surface area contributed by atoms with Crippen LogP contribution in [0.5, 0.6) is 0 Å². The Bertz CT molecular complexity index is 1120. The highest BCUT2D eigenvalue weighted by Gasteiger charge is 2.36. The number of nitrogens with zero attached hydrogens (tertiary/aromatic N) is 1. The quantitative estimate of drug-likeness (QED) is 0.508. The van der Waals surface area contributed by atoms with E-state index in [1.807, 2.05) is 0 Å². The van der Waals surface area contributed by atoms with E-state index < -0.39 is 23.2 Å². The number of aromatic nitrogens is 1. The molecule has 0 atom stereocenters. The summed E-state index contributed by atoms with van der Waals surface area (Å²) < 4.78 is 46.1. The van der Waals surface area contributed by atoms with Gasteiger partial charge in [-0.3, -0.25) is 9.59 Å². The van der Waals surface area contributed by atoms with Gasteiger partial charge in [-0.2, -0.15) is 13.2 Å². The zero-order valence-corrected chi connectivity index (χ0v) is 17.3. The van der Waals surface area contributed by atoms with Gasteiger partial charge < -0.3 is 14.6 Å². The van der Waals surface area contributed by atoms with E-state index in [2.05, 4.69) is 5.32 Å². The third-order valence-corrected chi connectivity index (χ3v) is 4.78. The number of Topliss-reactive ketones (excluding diaryl/α,β-unsaturated/α-hetero) is 1. The number of alkyl halides is 3. The molecule has 0 aliphatic heterocycles. The predicted octanol–water partition coefficient (Wildman–Crippen LogP) is 5.45. The van der Waals surface area contributed by atoms with E-state index in [9.17, 15) is 22.8 Å². The minimum Gasteiger partial charge on any atom is -0.377 e. The third-order valence-electron chi connectivity index (χ3n) is 4.53. The van der Waals surface area contributed by atoms with Gasteiger partial charge in [0.15, 0.2) is 5.78 Å². The molecule has 5 nitrogen and oxygen atoms in total. The fraction of sp³-hybridized carbons (Fsp3) is 0.182. The van der Waals surface area contributed by atoms with Gasteiger partial charge in [0.1, 0.15) is 6.61 Å². The number of nitrogens with one attached hydrogen (secondary N) is 1. The Morgan fingerprint density at radius 3 is 2.35 bits per heavy atom. The first-order valence-corrected chi connectivity index (χ1v) is 9.45. The van der Waals surface area contributed by atoms with Crippen molar-refractivity contribution >= 4 is 29.0 Å². The average Bonchev–Trinajstić information content (AvgIpc) is 3.11. The van der Waals surface area contributed by atoms with E-state index in [0.717, 1.165) is 17.0 Å². The Labute approximate surface area is 181 Å². The van der Waals surface area contributed by atoms with Crippen molar-refractivity contribution in [1.29, 1.82) is 0 Å². The van der Waals surface area contributed by atoms with Crippen LogP contribution in [0, 0.1) is 0 Å². The number of rotatable bonds is 6. The second kappa shape index (κ2) is 8.95. The molecule has 3 aromatic rings. The molecule has 162 valence electrons. The molecule has 0 saturated carbocycles. The standard InChI is InChI=1S/C22H18ClF3N2O3/c1-28-10-16(17(11-28)22(24,25)26)21(30)27-18-5-3-4-15(19(29)12-31-2)20(18)13-6-8-14(23)9-7-13/h3-11H,12H2,1-2H3,(H,27,30). The molecule has 1 aromatic heterocycles. The number of methoxy groups -OCH3 is 1. The summed E-state index contributed by atoms with van der Waals surface area (Å²) in [6.45, 7) is -0.200. The minimum absolute atomic E-state index is 0.186. The van der Waals surface area contributed by atoms with Gasteiger partial charge in [-0.1, -0.05) is 35.9 Å². The Morgan fingerprint density at radius 2 is 1.74 bits per heavy atom. The molecule has 1 amide bonds. The van der Waals surface area contributed by atoms with Crippen LogP contribution in [-0.4, -0.2) is 30.0 Å². The summed E-state index contributed by atoms with van der Waals surface area (Å²) in [6, 6.07) is 11.1. The molecule has 0 spiro atoms. The zero-order valence-electron chi connectivity index (χ0n) is 16.6. The molecule has 0 aliphatic rings. The van der Waals surface area contributed by atoms with Crippen LogP contribution in [-0.2, 0) is 18.0 Å². The Hall–Kier alpha value is -3.10. The summed E-state index contributed by atoms with van der Waals surface area (Å²) in [4.78, 5) is 25.4. The number of carbonyl (C=O) groups excluding carboxylic acids is 2. The fourth-order valence-electron chi connectivity index (χ4n) is 3.21. The summed E-state index contributed by atoms with van der Waals surface area (Å²) in [5, 5.41) is 2.99. The van der Waals surface area contributed by atoms with Gasteiger partial charge in [-0.25, -0.2) is 0 Å². The second-order valence-electron chi connectivity index (χ2n) is 6.79. The van der Waals surface area contributed by atoms with E-state index in [1.165, 1.54) is 26.3 Å². The SMILES string of the molecule is COCC(=O)c1cccc(NC(=O)c2cn(C)cc2C(F)(F)F)c1-c1ccc(Cl)cc1. The molecule has 0 unspecified atom stereocenters. The summed E-state index contributed by atoms with van der Waals surface area (Å²) >= 11 is 5.95. The number of halogens is 4. The summed E-state index contributed by atoms with van der Waals surface area (Å²) in [7, 11) is 2.77. The van der Waals surface area contributed by atoms with Crippen molar-refractivity contribution in [1.82, 2.24) is 4.57 Å². The topological polar surface area (TPSA) is 60.3 Å². The first-order valence-electron chi connectivity index (χ1n) is 9.07. The number of carbonyl (C=O) groups is 2. The Balaban J connectivity index is 2.10. The molecule has 0 saturated heterocycles. The van der Waals surface area contributed by atoms with Crippen molar-refractivity contribution in [2.24, 2.45) is 7.05 Å². The lowest BCUT2D eigenvalue weighted by atomic mass is 9.95.